The standard InChI is InChI=1S/C10H12ClNO/c1-12-10(4-5-10)8-3-2-7(13)6-9(8)11/h2-3,6,12-13H,4-5H2,1H3. The molecular formula is C10H12ClNO. The van der Waals surface area contributed by atoms with Crippen LogP contribution in [0.15, 0.2) is 18.2 Å². The van der Waals surface area contributed by atoms with Gasteiger partial charge in [0, 0.05) is 10.6 Å². The highest BCUT2D eigenvalue weighted by atomic mass is 35.5. The van der Waals surface area contributed by atoms with E-state index in [1.165, 1.54) is 0 Å². The van der Waals surface area contributed by atoms with E-state index in [0.29, 0.717) is 5.02 Å². The van der Waals surface area contributed by atoms with Crippen molar-refractivity contribution in [3.8, 4) is 5.75 Å². The van der Waals surface area contributed by atoms with Crippen LogP contribution < -0.4 is 5.32 Å². The minimum absolute atomic E-state index is 0.0742. The highest BCUT2D eigenvalue weighted by Crippen LogP contribution is 2.48. The van der Waals surface area contributed by atoms with E-state index in [1.54, 1.807) is 12.1 Å². The molecule has 2 nitrogen and oxygen atoms in total. The first-order valence-corrected chi connectivity index (χ1v) is 4.74. The first-order chi connectivity index (χ1) is 6.18. The van der Waals surface area contributed by atoms with Crippen LogP contribution in [-0.4, -0.2) is 12.2 Å². The van der Waals surface area contributed by atoms with E-state index >= 15 is 0 Å². The summed E-state index contributed by atoms with van der Waals surface area (Å²) in [6.07, 6.45) is 2.24. The van der Waals surface area contributed by atoms with Crippen molar-refractivity contribution in [3.05, 3.63) is 28.8 Å². The number of halogens is 1. The van der Waals surface area contributed by atoms with Crippen molar-refractivity contribution < 1.29 is 5.11 Å². The average Bonchev–Trinajstić information content (AvgIpc) is 2.85. The Hall–Kier alpha value is -0.730. The molecule has 0 aromatic heterocycles. The third kappa shape index (κ3) is 1.40. The maximum atomic E-state index is 9.19. The van der Waals surface area contributed by atoms with E-state index in [2.05, 4.69) is 5.32 Å². The summed E-state index contributed by atoms with van der Waals surface area (Å²) < 4.78 is 0. The second-order valence-corrected chi connectivity index (χ2v) is 3.90. The summed E-state index contributed by atoms with van der Waals surface area (Å²) in [7, 11) is 1.94. The summed E-state index contributed by atoms with van der Waals surface area (Å²) in [4.78, 5) is 0. The molecule has 3 heteroatoms. The van der Waals surface area contributed by atoms with Crippen molar-refractivity contribution in [2.75, 3.05) is 7.05 Å². The smallest absolute Gasteiger partial charge is 0.117 e. The van der Waals surface area contributed by atoms with Crippen LogP contribution in [0.1, 0.15) is 18.4 Å². The number of nitrogens with one attached hydrogen (secondary N) is 1. The fourth-order valence-corrected chi connectivity index (χ4v) is 2.03. The molecule has 2 N–H and O–H groups in total. The maximum Gasteiger partial charge on any atom is 0.117 e. The van der Waals surface area contributed by atoms with Crippen molar-refractivity contribution in [1.82, 2.24) is 5.32 Å². The van der Waals surface area contributed by atoms with E-state index in [-0.39, 0.29) is 11.3 Å². The fraction of sp³-hybridized carbons (Fsp3) is 0.400. The molecule has 1 fully saturated rings. The van der Waals surface area contributed by atoms with Gasteiger partial charge in [0.2, 0.25) is 0 Å². The van der Waals surface area contributed by atoms with E-state index in [1.807, 2.05) is 13.1 Å². The lowest BCUT2D eigenvalue weighted by Crippen LogP contribution is -2.24. The normalized spacial score (nSPS) is 18.6. The molecule has 0 heterocycles. The Morgan fingerprint density at radius 2 is 2.15 bits per heavy atom. The van der Waals surface area contributed by atoms with E-state index < -0.39 is 0 Å². The van der Waals surface area contributed by atoms with Crippen LogP contribution in [0.2, 0.25) is 5.02 Å². The molecule has 0 spiro atoms. The van der Waals surface area contributed by atoms with Gasteiger partial charge in [-0.2, -0.15) is 0 Å². The number of hydrogen-bond acceptors (Lipinski definition) is 2. The molecule has 13 heavy (non-hydrogen) atoms. The first kappa shape index (κ1) is 8.85. The van der Waals surface area contributed by atoms with Gasteiger partial charge in [-0.25, -0.2) is 0 Å². The van der Waals surface area contributed by atoms with Gasteiger partial charge in [0.1, 0.15) is 5.75 Å². The Labute approximate surface area is 82.5 Å². The van der Waals surface area contributed by atoms with Gasteiger partial charge >= 0.3 is 0 Å². The van der Waals surface area contributed by atoms with Crippen molar-refractivity contribution in [3.63, 3.8) is 0 Å². The van der Waals surface area contributed by atoms with E-state index in [0.717, 1.165) is 18.4 Å². The van der Waals surface area contributed by atoms with Gasteiger partial charge in [-0.05, 0) is 37.6 Å². The van der Waals surface area contributed by atoms with Crippen LogP contribution in [0, 0.1) is 0 Å². The van der Waals surface area contributed by atoms with Gasteiger partial charge < -0.3 is 10.4 Å². The molecule has 2 rings (SSSR count). The summed E-state index contributed by atoms with van der Waals surface area (Å²) in [5.41, 5.74) is 1.17. The molecule has 70 valence electrons. The molecular weight excluding hydrogens is 186 g/mol. The van der Waals surface area contributed by atoms with Gasteiger partial charge in [0.25, 0.3) is 0 Å². The Bertz CT molecular complexity index is 334. The highest BCUT2D eigenvalue weighted by molar-refractivity contribution is 6.31. The number of rotatable bonds is 2. The van der Waals surface area contributed by atoms with Crippen molar-refractivity contribution in [2.24, 2.45) is 0 Å². The van der Waals surface area contributed by atoms with Crippen LogP contribution >= 0.6 is 11.6 Å². The lowest BCUT2D eigenvalue weighted by atomic mass is 10.1. The Balaban J connectivity index is 2.41. The minimum atomic E-state index is 0.0742. The number of hydrogen-bond donors (Lipinski definition) is 2. The number of benzene rings is 1. The second kappa shape index (κ2) is 2.89. The first-order valence-electron chi connectivity index (χ1n) is 4.36. The molecule has 0 saturated heterocycles. The van der Waals surface area contributed by atoms with Crippen molar-refractivity contribution in [1.29, 1.82) is 0 Å². The molecule has 1 saturated carbocycles. The summed E-state index contributed by atoms with van der Waals surface area (Å²) in [5.74, 6) is 0.223. The molecule has 0 amide bonds. The second-order valence-electron chi connectivity index (χ2n) is 3.50. The number of aromatic hydroxyl groups is 1. The third-order valence-corrected chi connectivity index (χ3v) is 3.01. The quantitative estimate of drug-likeness (QED) is 0.763. The Morgan fingerprint density at radius 1 is 1.46 bits per heavy atom. The largest absolute Gasteiger partial charge is 0.508 e. The van der Waals surface area contributed by atoms with Gasteiger partial charge in [-0.15, -0.1) is 0 Å². The van der Waals surface area contributed by atoms with Gasteiger partial charge in [-0.3, -0.25) is 0 Å². The Morgan fingerprint density at radius 3 is 2.62 bits per heavy atom. The monoisotopic (exact) mass is 197 g/mol. The highest BCUT2D eigenvalue weighted by Gasteiger charge is 2.43. The molecule has 1 aromatic rings. The van der Waals surface area contributed by atoms with Gasteiger partial charge in [0.15, 0.2) is 0 Å². The molecule has 1 aliphatic rings. The van der Waals surface area contributed by atoms with Crippen molar-refractivity contribution in [2.45, 2.75) is 18.4 Å². The SMILES string of the molecule is CNC1(c2ccc(O)cc2Cl)CC1. The summed E-state index contributed by atoms with van der Waals surface area (Å²) >= 11 is 6.03. The van der Waals surface area contributed by atoms with Crippen LogP contribution in [0.25, 0.3) is 0 Å². The molecule has 0 unspecified atom stereocenters. The van der Waals surface area contributed by atoms with Crippen molar-refractivity contribution >= 4 is 11.6 Å². The number of phenolic OH excluding ortho intramolecular Hbond substituents is 1. The van der Waals surface area contributed by atoms with Crippen LogP contribution in [0.5, 0.6) is 5.75 Å². The van der Waals surface area contributed by atoms with E-state index in [9.17, 15) is 5.11 Å². The van der Waals surface area contributed by atoms with E-state index in [4.69, 9.17) is 11.6 Å². The molecule has 0 aliphatic heterocycles. The molecule has 1 aliphatic carbocycles. The zero-order chi connectivity index (χ0) is 9.47. The zero-order valence-electron chi connectivity index (χ0n) is 7.47. The van der Waals surface area contributed by atoms with Crippen LogP contribution in [0.4, 0.5) is 0 Å². The molecule has 0 atom stereocenters. The molecule has 0 radical (unpaired) electrons. The fourth-order valence-electron chi connectivity index (χ4n) is 1.67. The maximum absolute atomic E-state index is 9.19. The molecule has 0 bridgehead atoms. The average molecular weight is 198 g/mol. The summed E-state index contributed by atoms with van der Waals surface area (Å²) in [6.45, 7) is 0. The van der Waals surface area contributed by atoms with Crippen LogP contribution in [0.3, 0.4) is 0 Å². The van der Waals surface area contributed by atoms with Gasteiger partial charge in [0.05, 0.1) is 0 Å². The molecule has 1 aromatic carbocycles. The van der Waals surface area contributed by atoms with Gasteiger partial charge in [-0.1, -0.05) is 17.7 Å². The summed E-state index contributed by atoms with van der Waals surface area (Å²) in [6, 6.07) is 5.16. The summed E-state index contributed by atoms with van der Waals surface area (Å²) in [5, 5.41) is 13.1. The topological polar surface area (TPSA) is 32.3 Å². The predicted octanol–water partition coefficient (Wildman–Crippen LogP) is 2.25. The number of phenols is 1. The Kier molecular flexibility index (Phi) is 1.97. The zero-order valence-corrected chi connectivity index (χ0v) is 8.23. The lowest BCUT2D eigenvalue weighted by Gasteiger charge is -2.16. The minimum Gasteiger partial charge on any atom is -0.508 e. The lowest BCUT2D eigenvalue weighted by molar-refractivity contribution is 0.474. The van der Waals surface area contributed by atoms with Crippen LogP contribution in [-0.2, 0) is 5.54 Å². The predicted molar refractivity (Wildman–Crippen MR) is 53.1 cm³/mol. The third-order valence-electron chi connectivity index (χ3n) is 2.70.